The molecule has 8 nitrogen and oxygen atoms in total. The van der Waals surface area contributed by atoms with E-state index in [-0.39, 0.29) is 29.2 Å². The van der Waals surface area contributed by atoms with Gasteiger partial charge in [-0.15, -0.1) is 0 Å². The molecule has 1 aliphatic heterocycles. The Hall–Kier alpha value is -3.39. The largest absolute Gasteiger partial charge is 0.507 e. The fraction of sp³-hybridized carbons (Fsp3) is 0.483. The van der Waals surface area contributed by atoms with Gasteiger partial charge in [-0.05, 0) is 86.7 Å². The van der Waals surface area contributed by atoms with E-state index in [9.17, 15) is 14.7 Å². The number of ether oxygens (including phenoxy) is 1. The molecule has 37 heavy (non-hydrogen) atoms. The van der Waals surface area contributed by atoms with Crippen LogP contribution in [0.5, 0.6) is 11.5 Å². The second-order valence-electron chi connectivity index (χ2n) is 10.3. The van der Waals surface area contributed by atoms with E-state index < -0.39 is 5.56 Å². The fourth-order valence-corrected chi connectivity index (χ4v) is 5.10. The molecule has 1 atom stereocenters. The van der Waals surface area contributed by atoms with Crippen molar-refractivity contribution in [2.45, 2.75) is 64.3 Å². The van der Waals surface area contributed by atoms with E-state index in [2.05, 4.69) is 15.6 Å². The van der Waals surface area contributed by atoms with Crippen molar-refractivity contribution in [3.05, 3.63) is 51.8 Å². The van der Waals surface area contributed by atoms with Crippen molar-refractivity contribution < 1.29 is 14.6 Å². The summed E-state index contributed by atoms with van der Waals surface area (Å²) in [5.74, 6) is 1.03. The Kier molecular flexibility index (Phi) is 7.46. The van der Waals surface area contributed by atoms with Gasteiger partial charge in [0.25, 0.3) is 11.5 Å². The number of fused-ring (bicyclic) bond motifs is 1. The first-order chi connectivity index (χ1) is 18.0. The van der Waals surface area contributed by atoms with Crippen LogP contribution in [-0.4, -0.2) is 46.7 Å². The third-order valence-electron chi connectivity index (χ3n) is 7.59. The zero-order valence-corrected chi connectivity index (χ0v) is 21.6. The third kappa shape index (κ3) is 5.49. The molecule has 3 aromatic rings. The molecule has 0 spiro atoms. The van der Waals surface area contributed by atoms with Crippen LogP contribution in [0.1, 0.15) is 74.2 Å². The molecular weight excluding hydrogens is 468 g/mol. The number of carbonyl (C=O) groups excluding carboxylic acids is 1. The number of phenols is 1. The molecule has 1 unspecified atom stereocenters. The minimum absolute atomic E-state index is 0.0141. The Morgan fingerprint density at radius 3 is 2.73 bits per heavy atom. The first kappa shape index (κ1) is 25.3. The summed E-state index contributed by atoms with van der Waals surface area (Å²) in [4.78, 5) is 33.7. The van der Waals surface area contributed by atoms with Crippen LogP contribution < -0.4 is 20.9 Å². The number of rotatable bonds is 9. The van der Waals surface area contributed by atoms with Gasteiger partial charge in [-0.1, -0.05) is 19.9 Å². The minimum Gasteiger partial charge on any atom is -0.507 e. The van der Waals surface area contributed by atoms with Crippen LogP contribution in [0.25, 0.3) is 22.3 Å². The number of H-pyrrole nitrogens is 1. The second-order valence-corrected chi connectivity index (χ2v) is 10.3. The molecule has 2 aliphatic rings. The van der Waals surface area contributed by atoms with E-state index >= 15 is 0 Å². The summed E-state index contributed by atoms with van der Waals surface area (Å²) in [5, 5.41) is 18.0. The topological polar surface area (TPSA) is 116 Å². The Morgan fingerprint density at radius 1 is 1.22 bits per heavy atom. The first-order valence-electron chi connectivity index (χ1n) is 13.5. The zero-order valence-electron chi connectivity index (χ0n) is 21.6. The van der Waals surface area contributed by atoms with Gasteiger partial charge in [0.2, 0.25) is 0 Å². The lowest BCUT2D eigenvalue weighted by Crippen LogP contribution is -2.37. The highest BCUT2D eigenvalue weighted by atomic mass is 16.5. The summed E-state index contributed by atoms with van der Waals surface area (Å²) < 4.78 is 6.09. The van der Waals surface area contributed by atoms with Gasteiger partial charge in [0.15, 0.2) is 0 Å². The van der Waals surface area contributed by atoms with Crippen molar-refractivity contribution in [1.29, 1.82) is 0 Å². The number of aromatic hydroxyl groups is 1. The number of phenolic OH excluding ortho intramolecular Hbond substituents is 1. The van der Waals surface area contributed by atoms with Gasteiger partial charge < -0.3 is 25.5 Å². The van der Waals surface area contributed by atoms with Crippen LogP contribution >= 0.6 is 0 Å². The molecule has 8 heteroatoms. The van der Waals surface area contributed by atoms with Crippen molar-refractivity contribution in [1.82, 2.24) is 20.6 Å². The van der Waals surface area contributed by atoms with Gasteiger partial charge >= 0.3 is 0 Å². The molecule has 1 aromatic carbocycles. The maximum absolute atomic E-state index is 13.0. The van der Waals surface area contributed by atoms with Crippen molar-refractivity contribution in [2.24, 2.45) is 5.92 Å². The lowest BCUT2D eigenvalue weighted by Gasteiger charge is -2.25. The first-order valence-corrected chi connectivity index (χ1v) is 13.5. The quantitative estimate of drug-likeness (QED) is 0.342. The van der Waals surface area contributed by atoms with Gasteiger partial charge in [-0.2, -0.15) is 0 Å². The number of hydrogen-bond acceptors (Lipinski definition) is 6. The number of pyridine rings is 2. The summed E-state index contributed by atoms with van der Waals surface area (Å²) >= 11 is 0. The van der Waals surface area contributed by atoms with Crippen LogP contribution in [0.3, 0.4) is 0 Å². The molecule has 4 N–H and O–H groups in total. The molecule has 3 heterocycles. The highest BCUT2D eigenvalue weighted by Gasteiger charge is 2.26. The number of aromatic amines is 1. The van der Waals surface area contributed by atoms with Gasteiger partial charge in [0, 0.05) is 18.0 Å². The number of carbonyl (C=O) groups is 1. The Bertz CT molecular complexity index is 1340. The monoisotopic (exact) mass is 504 g/mol. The minimum atomic E-state index is -0.476. The van der Waals surface area contributed by atoms with Crippen molar-refractivity contribution in [2.75, 3.05) is 19.7 Å². The highest BCUT2D eigenvalue weighted by molar-refractivity contribution is 5.98. The number of benzene rings is 1. The molecule has 196 valence electrons. The number of nitrogens with zero attached hydrogens (tertiary/aromatic N) is 1. The highest BCUT2D eigenvalue weighted by Crippen LogP contribution is 2.41. The van der Waals surface area contributed by atoms with E-state index in [4.69, 9.17) is 9.72 Å². The molecule has 2 aromatic heterocycles. The zero-order chi connectivity index (χ0) is 25.9. The number of amides is 1. The van der Waals surface area contributed by atoms with Crippen LogP contribution in [0.15, 0.2) is 35.1 Å². The summed E-state index contributed by atoms with van der Waals surface area (Å²) in [7, 11) is 0. The number of piperidine rings is 1. The van der Waals surface area contributed by atoms with Gasteiger partial charge in [0.1, 0.15) is 22.7 Å². The molecule has 1 aliphatic carbocycles. The van der Waals surface area contributed by atoms with E-state index in [1.807, 2.05) is 26.0 Å². The predicted molar refractivity (Wildman–Crippen MR) is 144 cm³/mol. The Morgan fingerprint density at radius 2 is 2.03 bits per heavy atom. The van der Waals surface area contributed by atoms with Gasteiger partial charge in [-0.3, -0.25) is 9.59 Å². The normalized spacial score (nSPS) is 17.8. The SMILES string of the molecule is CCC(CC)NC(=O)c1cc2c(C3CCCNC3)cc(-c3c(O)cccc3OCC3CC3)nc2[nH]c1=O. The standard InChI is InChI=1S/C29H36N4O4/c1-3-19(4-2)31-28(35)22-13-21-20(18-7-6-12-30-15-18)14-23(32-27(21)33-29(22)36)26-24(34)8-5-9-25(26)37-16-17-10-11-17/h5,8-9,13-14,17-19,30,34H,3-4,6-7,10-12,15-16H2,1-2H3,(H,31,35)(H,32,33,36). The van der Waals surface area contributed by atoms with Gasteiger partial charge in [0.05, 0.1) is 17.9 Å². The molecule has 0 radical (unpaired) electrons. The molecule has 1 amide bonds. The van der Waals surface area contributed by atoms with E-state index in [0.717, 1.165) is 62.6 Å². The maximum Gasteiger partial charge on any atom is 0.262 e. The van der Waals surface area contributed by atoms with E-state index in [0.29, 0.717) is 35.2 Å². The smallest absolute Gasteiger partial charge is 0.262 e. The third-order valence-corrected chi connectivity index (χ3v) is 7.59. The van der Waals surface area contributed by atoms with Crippen molar-refractivity contribution >= 4 is 16.9 Å². The van der Waals surface area contributed by atoms with Crippen LogP contribution in [0, 0.1) is 5.92 Å². The second kappa shape index (κ2) is 10.9. The van der Waals surface area contributed by atoms with Gasteiger partial charge in [-0.25, -0.2) is 4.98 Å². The lowest BCUT2D eigenvalue weighted by molar-refractivity contribution is 0.0933. The molecule has 1 saturated carbocycles. The van der Waals surface area contributed by atoms with Crippen LogP contribution in [0.2, 0.25) is 0 Å². The van der Waals surface area contributed by atoms with Crippen molar-refractivity contribution in [3.63, 3.8) is 0 Å². The number of nitrogens with one attached hydrogen (secondary N) is 3. The number of aromatic nitrogens is 2. The van der Waals surface area contributed by atoms with Crippen LogP contribution in [0.4, 0.5) is 0 Å². The molecular formula is C29H36N4O4. The Balaban J connectivity index is 1.63. The average Bonchev–Trinajstić information content (AvgIpc) is 3.74. The fourth-order valence-electron chi connectivity index (χ4n) is 5.10. The summed E-state index contributed by atoms with van der Waals surface area (Å²) in [6.07, 6.45) is 5.92. The number of hydrogen-bond donors (Lipinski definition) is 4. The lowest BCUT2D eigenvalue weighted by atomic mass is 9.88. The maximum atomic E-state index is 13.0. The molecule has 1 saturated heterocycles. The van der Waals surface area contributed by atoms with E-state index in [1.165, 1.54) is 0 Å². The van der Waals surface area contributed by atoms with Crippen molar-refractivity contribution in [3.8, 4) is 22.8 Å². The molecule has 0 bridgehead atoms. The summed E-state index contributed by atoms with van der Waals surface area (Å²) in [6, 6.07) is 8.92. The summed E-state index contributed by atoms with van der Waals surface area (Å²) in [5.41, 5.74) is 2.08. The summed E-state index contributed by atoms with van der Waals surface area (Å²) in [6.45, 7) is 6.39. The van der Waals surface area contributed by atoms with Crippen LogP contribution in [-0.2, 0) is 0 Å². The molecule has 5 rings (SSSR count). The molecule has 2 fully saturated rings. The predicted octanol–water partition coefficient (Wildman–Crippen LogP) is 4.47. The average molecular weight is 505 g/mol. The Labute approximate surface area is 216 Å². The van der Waals surface area contributed by atoms with E-state index in [1.54, 1.807) is 18.2 Å².